The number of halogens is 5. The van der Waals surface area contributed by atoms with Crippen molar-refractivity contribution >= 4 is 44.6 Å². The van der Waals surface area contributed by atoms with Crippen molar-refractivity contribution in [2.75, 3.05) is 42.1 Å². The molecule has 0 aliphatic carbocycles. The van der Waals surface area contributed by atoms with Crippen LogP contribution in [0.3, 0.4) is 0 Å². The van der Waals surface area contributed by atoms with Crippen molar-refractivity contribution in [3.05, 3.63) is 51.9 Å². The molecule has 1 aromatic heterocycles. The van der Waals surface area contributed by atoms with Crippen LogP contribution < -0.4 is 9.62 Å². The third kappa shape index (κ3) is 5.62. The van der Waals surface area contributed by atoms with Gasteiger partial charge in [0.2, 0.25) is 10.0 Å². The van der Waals surface area contributed by atoms with Gasteiger partial charge < -0.3 is 9.80 Å². The molecule has 0 atom stereocenters. The molecular weight excluding hydrogens is 490 g/mol. The molecule has 0 amide bonds. The molecule has 0 bridgehead atoms. The van der Waals surface area contributed by atoms with Gasteiger partial charge in [0.15, 0.2) is 5.69 Å². The van der Waals surface area contributed by atoms with Crippen LogP contribution in [0, 0.1) is 6.92 Å². The van der Waals surface area contributed by atoms with Gasteiger partial charge in [0.25, 0.3) is 0 Å². The molecule has 7 nitrogen and oxygen atoms in total. The number of rotatable bonds is 6. The number of aromatic nitrogens is 2. The Labute approximate surface area is 194 Å². The minimum Gasteiger partial charge on any atom is -0.370 e. The lowest BCUT2D eigenvalue weighted by atomic mass is 10.2. The summed E-state index contributed by atoms with van der Waals surface area (Å²) >= 11 is 11.9. The van der Waals surface area contributed by atoms with E-state index in [1.807, 2.05) is 4.90 Å². The standard InChI is InChI=1S/C19H22Cl2F3N5O2S/c1-12(11-29-13(2)17(21)18(25-29)19(22,23)24)27-6-8-28(9-7-27)14-4-5-15(20)16(10-14)26-32(3,30)31/h4-5,10,26H,1,6-9,11H2,2-3H3. The van der Waals surface area contributed by atoms with Crippen LogP contribution in [0.1, 0.15) is 11.4 Å². The van der Waals surface area contributed by atoms with Crippen molar-refractivity contribution in [2.45, 2.75) is 19.6 Å². The molecule has 1 saturated heterocycles. The first-order chi connectivity index (χ1) is 14.8. The molecule has 1 fully saturated rings. The number of nitrogens with one attached hydrogen (secondary N) is 1. The van der Waals surface area contributed by atoms with E-state index in [0.717, 1.165) is 11.9 Å². The van der Waals surface area contributed by atoms with Gasteiger partial charge in [-0.2, -0.15) is 18.3 Å². The van der Waals surface area contributed by atoms with Gasteiger partial charge >= 0.3 is 6.18 Å². The number of piperazine rings is 1. The van der Waals surface area contributed by atoms with Gasteiger partial charge in [-0.05, 0) is 25.1 Å². The van der Waals surface area contributed by atoms with Gasteiger partial charge in [-0.3, -0.25) is 9.40 Å². The molecule has 1 aromatic carbocycles. The molecule has 1 N–H and O–H groups in total. The average Bonchev–Trinajstić information content (AvgIpc) is 2.97. The summed E-state index contributed by atoms with van der Waals surface area (Å²) in [4.78, 5) is 4.04. The maximum absolute atomic E-state index is 13.0. The van der Waals surface area contributed by atoms with Crippen molar-refractivity contribution in [1.29, 1.82) is 0 Å². The molecular formula is C19H22Cl2F3N5O2S. The summed E-state index contributed by atoms with van der Waals surface area (Å²) in [6.07, 6.45) is -3.57. The number of alkyl halides is 3. The SMILES string of the molecule is C=C(Cn1nc(C(F)(F)F)c(Cl)c1C)N1CCN(c2ccc(Cl)c(NS(C)(=O)=O)c2)CC1. The van der Waals surface area contributed by atoms with Crippen LogP contribution in [0.25, 0.3) is 0 Å². The summed E-state index contributed by atoms with van der Waals surface area (Å²) in [5.41, 5.74) is 0.845. The van der Waals surface area contributed by atoms with Crippen LogP contribution in [-0.2, 0) is 22.7 Å². The lowest BCUT2D eigenvalue weighted by Crippen LogP contribution is -2.46. The zero-order chi connectivity index (χ0) is 23.8. The monoisotopic (exact) mass is 511 g/mol. The van der Waals surface area contributed by atoms with Crippen molar-refractivity contribution in [2.24, 2.45) is 0 Å². The van der Waals surface area contributed by atoms with Gasteiger partial charge in [-0.25, -0.2) is 8.42 Å². The summed E-state index contributed by atoms with van der Waals surface area (Å²) in [6.45, 7) is 7.95. The highest BCUT2D eigenvalue weighted by atomic mass is 35.5. The molecule has 13 heteroatoms. The van der Waals surface area contributed by atoms with Crippen LogP contribution in [-0.4, -0.2) is 55.5 Å². The van der Waals surface area contributed by atoms with Gasteiger partial charge in [-0.1, -0.05) is 29.8 Å². The molecule has 0 unspecified atom stereocenters. The highest BCUT2D eigenvalue weighted by Gasteiger charge is 2.38. The Morgan fingerprint density at radius 2 is 1.84 bits per heavy atom. The molecule has 1 aliphatic rings. The first-order valence-electron chi connectivity index (χ1n) is 9.51. The topological polar surface area (TPSA) is 70.5 Å². The molecule has 1 aliphatic heterocycles. The Morgan fingerprint density at radius 3 is 2.38 bits per heavy atom. The molecule has 32 heavy (non-hydrogen) atoms. The van der Waals surface area contributed by atoms with E-state index in [-0.39, 0.29) is 17.3 Å². The van der Waals surface area contributed by atoms with E-state index in [9.17, 15) is 21.6 Å². The zero-order valence-corrected chi connectivity index (χ0v) is 19.7. The van der Waals surface area contributed by atoms with Crippen LogP contribution in [0.5, 0.6) is 0 Å². The third-order valence-electron chi connectivity index (χ3n) is 5.07. The number of allylic oxidation sites excluding steroid dienone is 1. The number of benzene rings is 1. The number of sulfonamides is 1. The van der Waals surface area contributed by atoms with E-state index in [4.69, 9.17) is 23.2 Å². The fourth-order valence-electron chi connectivity index (χ4n) is 3.40. The Kier molecular flexibility index (Phi) is 6.92. The fraction of sp³-hybridized carbons (Fsp3) is 0.421. The summed E-state index contributed by atoms with van der Waals surface area (Å²) in [7, 11) is -3.47. The minimum atomic E-state index is -4.62. The first kappa shape index (κ1) is 24.5. The van der Waals surface area contributed by atoms with Gasteiger partial charge in [-0.15, -0.1) is 0 Å². The molecule has 3 rings (SSSR count). The lowest BCUT2D eigenvalue weighted by molar-refractivity contribution is -0.141. The second-order valence-electron chi connectivity index (χ2n) is 7.48. The predicted octanol–water partition coefficient (Wildman–Crippen LogP) is 4.22. The van der Waals surface area contributed by atoms with Crippen molar-refractivity contribution in [1.82, 2.24) is 14.7 Å². The predicted molar refractivity (Wildman–Crippen MR) is 120 cm³/mol. The molecule has 2 heterocycles. The second kappa shape index (κ2) is 9.03. The Balaban J connectivity index is 1.65. The number of nitrogens with zero attached hydrogens (tertiary/aromatic N) is 4. The van der Waals surface area contributed by atoms with Crippen molar-refractivity contribution in [3.63, 3.8) is 0 Å². The van der Waals surface area contributed by atoms with Gasteiger partial charge in [0, 0.05) is 37.6 Å². The smallest absolute Gasteiger partial charge is 0.370 e. The van der Waals surface area contributed by atoms with E-state index in [1.165, 1.54) is 11.6 Å². The van der Waals surface area contributed by atoms with Crippen LogP contribution in [0.2, 0.25) is 10.0 Å². The number of hydrogen-bond acceptors (Lipinski definition) is 5. The van der Waals surface area contributed by atoms with E-state index in [0.29, 0.717) is 37.6 Å². The largest absolute Gasteiger partial charge is 0.436 e. The van der Waals surface area contributed by atoms with Gasteiger partial charge in [0.05, 0.1) is 34.2 Å². The van der Waals surface area contributed by atoms with E-state index in [2.05, 4.69) is 21.3 Å². The Morgan fingerprint density at radius 1 is 1.22 bits per heavy atom. The lowest BCUT2D eigenvalue weighted by Gasteiger charge is -2.38. The molecule has 0 saturated carbocycles. The summed E-state index contributed by atoms with van der Waals surface area (Å²) in [5, 5.41) is 3.50. The third-order valence-corrected chi connectivity index (χ3v) is 6.44. The summed E-state index contributed by atoms with van der Waals surface area (Å²) in [5.74, 6) is 0. The highest BCUT2D eigenvalue weighted by Crippen LogP contribution is 2.35. The summed E-state index contributed by atoms with van der Waals surface area (Å²) < 4.78 is 65.8. The Bertz CT molecular complexity index is 1130. The quantitative estimate of drug-likeness (QED) is 0.628. The van der Waals surface area contributed by atoms with Gasteiger partial charge in [0.1, 0.15) is 0 Å². The van der Waals surface area contributed by atoms with Crippen LogP contribution in [0.4, 0.5) is 24.5 Å². The molecule has 0 spiro atoms. The normalized spacial score (nSPS) is 15.2. The van der Waals surface area contributed by atoms with Crippen LogP contribution in [0.15, 0.2) is 30.5 Å². The minimum absolute atomic E-state index is 0.0883. The van der Waals surface area contributed by atoms with Crippen molar-refractivity contribution < 1.29 is 21.6 Å². The maximum Gasteiger partial charge on any atom is 0.436 e. The maximum atomic E-state index is 13.0. The van der Waals surface area contributed by atoms with Crippen molar-refractivity contribution in [3.8, 4) is 0 Å². The van der Waals surface area contributed by atoms with Crippen LogP contribution >= 0.6 is 23.2 Å². The summed E-state index contributed by atoms with van der Waals surface area (Å²) in [6, 6.07) is 5.09. The number of hydrogen-bond donors (Lipinski definition) is 1. The average molecular weight is 512 g/mol. The molecule has 2 aromatic rings. The van der Waals surface area contributed by atoms with E-state index < -0.39 is 26.9 Å². The zero-order valence-electron chi connectivity index (χ0n) is 17.4. The second-order valence-corrected chi connectivity index (χ2v) is 10.0. The molecule has 0 radical (unpaired) electrons. The van der Waals surface area contributed by atoms with E-state index in [1.54, 1.807) is 18.2 Å². The fourth-order valence-corrected chi connectivity index (χ4v) is 4.43. The first-order valence-corrected chi connectivity index (χ1v) is 12.2. The van der Waals surface area contributed by atoms with E-state index >= 15 is 0 Å². The number of anilines is 2. The Hall–Kier alpha value is -2.11. The highest BCUT2D eigenvalue weighted by molar-refractivity contribution is 7.92. The molecule has 176 valence electrons.